The molecule has 27 heavy (non-hydrogen) atoms. The van der Waals surface area contributed by atoms with Crippen LogP contribution in [0.1, 0.15) is 23.2 Å². The van der Waals surface area contributed by atoms with Crippen molar-refractivity contribution in [3.05, 3.63) is 47.1 Å². The fraction of sp³-hybridized carbons (Fsp3) is 0.333. The topological polar surface area (TPSA) is 88.6 Å². The monoisotopic (exact) mass is 407 g/mol. The van der Waals surface area contributed by atoms with Crippen molar-refractivity contribution in [2.75, 3.05) is 24.0 Å². The first-order valence-electron chi connectivity index (χ1n) is 8.64. The number of hydrogen-bond acceptors (Lipinski definition) is 5. The van der Waals surface area contributed by atoms with Crippen LogP contribution in [0.2, 0.25) is 5.02 Å². The lowest BCUT2D eigenvalue weighted by Gasteiger charge is -2.29. The standard InChI is InChI=1S/C18H18ClN3O4S/c19-14-3-5-15(6-4-14)27(24,25)22-7-8-26-18-16(22)9-13(11-21-18)17(23)20-10-12-1-2-12/h3-6,9,11-12H,1-2,7-8,10H2,(H,20,23). The molecule has 2 aromatic rings. The first-order valence-corrected chi connectivity index (χ1v) is 10.5. The number of aromatic nitrogens is 1. The van der Waals surface area contributed by atoms with Crippen LogP contribution >= 0.6 is 11.6 Å². The van der Waals surface area contributed by atoms with Gasteiger partial charge in [0, 0.05) is 17.8 Å². The third-order valence-electron chi connectivity index (χ3n) is 4.55. The Kier molecular flexibility index (Phi) is 4.69. The maximum atomic E-state index is 13.1. The molecule has 4 rings (SSSR count). The van der Waals surface area contributed by atoms with Crippen LogP contribution in [0.4, 0.5) is 5.69 Å². The summed E-state index contributed by atoms with van der Waals surface area (Å²) in [5, 5.41) is 3.31. The molecule has 9 heteroatoms. The number of anilines is 1. The number of ether oxygens (including phenoxy) is 1. The molecule has 1 aromatic heterocycles. The zero-order valence-corrected chi connectivity index (χ0v) is 16.0. The van der Waals surface area contributed by atoms with Crippen molar-refractivity contribution >= 4 is 33.2 Å². The zero-order chi connectivity index (χ0) is 19.0. The van der Waals surface area contributed by atoms with Crippen LogP contribution in [0, 0.1) is 5.92 Å². The van der Waals surface area contributed by atoms with Crippen molar-refractivity contribution in [1.82, 2.24) is 10.3 Å². The summed E-state index contributed by atoms with van der Waals surface area (Å²) >= 11 is 5.86. The molecular formula is C18H18ClN3O4S. The summed E-state index contributed by atoms with van der Waals surface area (Å²) in [6.07, 6.45) is 3.66. The van der Waals surface area contributed by atoms with E-state index in [2.05, 4.69) is 10.3 Å². The molecule has 1 saturated carbocycles. The highest BCUT2D eigenvalue weighted by atomic mass is 35.5. The molecule has 0 saturated heterocycles. The first-order chi connectivity index (χ1) is 12.9. The minimum absolute atomic E-state index is 0.114. The number of halogens is 1. The number of benzene rings is 1. The van der Waals surface area contributed by atoms with Crippen LogP contribution in [0.15, 0.2) is 41.4 Å². The molecule has 0 bridgehead atoms. The van der Waals surface area contributed by atoms with Gasteiger partial charge in [-0.25, -0.2) is 13.4 Å². The van der Waals surface area contributed by atoms with Gasteiger partial charge in [0.2, 0.25) is 5.88 Å². The molecule has 2 heterocycles. The van der Waals surface area contributed by atoms with E-state index in [1.807, 2.05) is 0 Å². The molecule has 0 atom stereocenters. The fourth-order valence-electron chi connectivity index (χ4n) is 2.84. The third kappa shape index (κ3) is 3.72. The summed E-state index contributed by atoms with van der Waals surface area (Å²) in [6, 6.07) is 7.46. The lowest BCUT2D eigenvalue weighted by Crippen LogP contribution is -2.38. The number of amides is 1. The summed E-state index contributed by atoms with van der Waals surface area (Å²) in [4.78, 5) is 16.6. The van der Waals surface area contributed by atoms with Crippen LogP contribution < -0.4 is 14.4 Å². The van der Waals surface area contributed by atoms with Gasteiger partial charge in [-0.2, -0.15) is 0 Å². The van der Waals surface area contributed by atoms with E-state index in [1.165, 1.54) is 40.8 Å². The number of nitrogens with zero attached hydrogens (tertiary/aromatic N) is 2. The van der Waals surface area contributed by atoms with E-state index >= 15 is 0 Å². The second-order valence-electron chi connectivity index (χ2n) is 6.58. The maximum Gasteiger partial charge on any atom is 0.264 e. The Hall–Kier alpha value is -2.32. The van der Waals surface area contributed by atoms with Crippen molar-refractivity contribution in [3.8, 4) is 5.88 Å². The third-order valence-corrected chi connectivity index (χ3v) is 6.63. The number of carbonyl (C=O) groups is 1. The van der Waals surface area contributed by atoms with E-state index < -0.39 is 10.0 Å². The SMILES string of the molecule is O=C(NCC1CC1)c1cnc2c(c1)N(S(=O)(=O)c1ccc(Cl)cc1)CCO2. The predicted octanol–water partition coefficient (Wildman–Crippen LogP) is 2.46. The van der Waals surface area contributed by atoms with Crippen molar-refractivity contribution in [3.63, 3.8) is 0 Å². The Morgan fingerprint density at radius 3 is 2.74 bits per heavy atom. The molecule has 1 amide bonds. The highest BCUT2D eigenvalue weighted by Gasteiger charge is 2.32. The van der Waals surface area contributed by atoms with Gasteiger partial charge in [0.05, 0.1) is 17.0 Å². The molecule has 142 valence electrons. The summed E-state index contributed by atoms with van der Waals surface area (Å²) in [7, 11) is -3.83. The van der Waals surface area contributed by atoms with E-state index in [9.17, 15) is 13.2 Å². The van der Waals surface area contributed by atoms with Gasteiger partial charge in [-0.05, 0) is 49.1 Å². The van der Waals surface area contributed by atoms with Gasteiger partial charge < -0.3 is 10.1 Å². The van der Waals surface area contributed by atoms with Crippen molar-refractivity contribution in [1.29, 1.82) is 0 Å². The Morgan fingerprint density at radius 2 is 2.04 bits per heavy atom. The fourth-order valence-corrected chi connectivity index (χ4v) is 4.41. The number of pyridine rings is 1. The average molecular weight is 408 g/mol. The lowest BCUT2D eigenvalue weighted by atomic mass is 10.2. The number of nitrogens with one attached hydrogen (secondary N) is 1. The Labute approximate surface area is 162 Å². The molecule has 7 nitrogen and oxygen atoms in total. The number of sulfonamides is 1. The molecule has 1 aromatic carbocycles. The second-order valence-corrected chi connectivity index (χ2v) is 8.88. The minimum atomic E-state index is -3.83. The van der Waals surface area contributed by atoms with E-state index in [1.54, 1.807) is 0 Å². The Morgan fingerprint density at radius 1 is 1.30 bits per heavy atom. The summed E-state index contributed by atoms with van der Waals surface area (Å²) < 4.78 is 32.8. The van der Waals surface area contributed by atoms with Gasteiger partial charge in [0.15, 0.2) is 0 Å². The van der Waals surface area contributed by atoms with Crippen LogP contribution in [-0.2, 0) is 10.0 Å². The summed E-state index contributed by atoms with van der Waals surface area (Å²) in [5.74, 6) is 0.466. The maximum absolute atomic E-state index is 13.1. The summed E-state index contributed by atoms with van der Waals surface area (Å²) in [5.41, 5.74) is 0.562. The molecule has 1 aliphatic heterocycles. The lowest BCUT2D eigenvalue weighted by molar-refractivity contribution is 0.0951. The van der Waals surface area contributed by atoms with E-state index in [0.717, 1.165) is 12.8 Å². The van der Waals surface area contributed by atoms with Gasteiger partial charge >= 0.3 is 0 Å². The largest absolute Gasteiger partial charge is 0.474 e. The first kappa shape index (κ1) is 18.1. The number of carbonyl (C=O) groups excluding carboxylic acids is 1. The molecule has 0 spiro atoms. The second kappa shape index (κ2) is 7.01. The molecule has 1 aliphatic carbocycles. The molecule has 0 unspecified atom stereocenters. The van der Waals surface area contributed by atoms with Crippen molar-refractivity contribution in [2.24, 2.45) is 5.92 Å². The van der Waals surface area contributed by atoms with Crippen molar-refractivity contribution in [2.45, 2.75) is 17.7 Å². The van der Waals surface area contributed by atoms with Crippen LogP contribution in [0.25, 0.3) is 0 Å². The van der Waals surface area contributed by atoms with E-state index in [4.69, 9.17) is 16.3 Å². The average Bonchev–Trinajstić information content (AvgIpc) is 3.50. The van der Waals surface area contributed by atoms with Gasteiger partial charge in [0.1, 0.15) is 12.3 Å². The molecule has 1 N–H and O–H groups in total. The van der Waals surface area contributed by atoms with Gasteiger partial charge in [-0.1, -0.05) is 11.6 Å². The highest BCUT2D eigenvalue weighted by molar-refractivity contribution is 7.92. The van der Waals surface area contributed by atoms with Gasteiger partial charge in [0.25, 0.3) is 15.9 Å². The van der Waals surface area contributed by atoms with Crippen LogP contribution in [0.5, 0.6) is 5.88 Å². The zero-order valence-electron chi connectivity index (χ0n) is 14.4. The molecule has 0 radical (unpaired) electrons. The van der Waals surface area contributed by atoms with E-state index in [0.29, 0.717) is 23.0 Å². The van der Waals surface area contributed by atoms with Gasteiger partial charge in [-0.15, -0.1) is 0 Å². The van der Waals surface area contributed by atoms with Crippen LogP contribution in [-0.4, -0.2) is 39.0 Å². The van der Waals surface area contributed by atoms with E-state index in [-0.39, 0.29) is 35.5 Å². The molecule has 1 fully saturated rings. The smallest absolute Gasteiger partial charge is 0.264 e. The Bertz CT molecular complexity index is 975. The van der Waals surface area contributed by atoms with Crippen molar-refractivity contribution < 1.29 is 17.9 Å². The molecule has 2 aliphatic rings. The Balaban J connectivity index is 1.65. The normalized spacial score (nSPS) is 16.4. The quantitative estimate of drug-likeness (QED) is 0.822. The molecular weight excluding hydrogens is 390 g/mol. The van der Waals surface area contributed by atoms with Gasteiger partial charge in [-0.3, -0.25) is 9.10 Å². The predicted molar refractivity (Wildman–Crippen MR) is 101 cm³/mol. The number of fused-ring (bicyclic) bond motifs is 1. The highest BCUT2D eigenvalue weighted by Crippen LogP contribution is 2.34. The number of hydrogen-bond donors (Lipinski definition) is 1. The summed E-state index contributed by atoms with van der Waals surface area (Å²) in [6.45, 7) is 0.937. The van der Waals surface area contributed by atoms with Crippen LogP contribution in [0.3, 0.4) is 0 Å². The minimum Gasteiger partial charge on any atom is -0.474 e. The number of rotatable bonds is 5.